The molecule has 0 saturated heterocycles. The molecule has 0 bridgehead atoms. The summed E-state index contributed by atoms with van der Waals surface area (Å²) < 4.78 is 26.9. The van der Waals surface area contributed by atoms with Gasteiger partial charge in [0.1, 0.15) is 4.90 Å². The molecule has 0 fully saturated rings. The van der Waals surface area contributed by atoms with Gasteiger partial charge in [0.05, 0.1) is 17.3 Å². The minimum absolute atomic E-state index is 0.0920. The molecule has 5 nitrogen and oxygen atoms in total. The first kappa shape index (κ1) is 15.4. The lowest BCUT2D eigenvalue weighted by Gasteiger charge is -2.20. The Bertz CT molecular complexity index is 811. The Hall–Kier alpha value is -2.04. The van der Waals surface area contributed by atoms with Crippen LogP contribution in [0.1, 0.15) is 5.56 Å². The molecule has 21 heavy (non-hydrogen) atoms. The van der Waals surface area contributed by atoms with Gasteiger partial charge in [-0.25, -0.2) is 8.42 Å². The highest BCUT2D eigenvalue weighted by Gasteiger charge is 2.24. The van der Waals surface area contributed by atoms with Crippen LogP contribution in [-0.4, -0.2) is 15.5 Å². The van der Waals surface area contributed by atoms with Crippen LogP contribution in [-0.2, 0) is 10.0 Å². The fourth-order valence-electron chi connectivity index (χ4n) is 1.75. The second kappa shape index (κ2) is 5.76. The van der Waals surface area contributed by atoms with Crippen molar-refractivity contribution >= 4 is 37.3 Å². The van der Waals surface area contributed by atoms with Crippen molar-refractivity contribution in [3.05, 3.63) is 52.5 Å². The highest BCUT2D eigenvalue weighted by Crippen LogP contribution is 2.29. The van der Waals surface area contributed by atoms with Crippen molar-refractivity contribution in [1.82, 2.24) is 0 Å². The highest BCUT2D eigenvalue weighted by atomic mass is 79.9. The van der Waals surface area contributed by atoms with Gasteiger partial charge in [0.2, 0.25) is 0 Å². The van der Waals surface area contributed by atoms with Gasteiger partial charge < -0.3 is 5.73 Å². The number of nitrogen functional groups attached to an aromatic ring is 1. The molecule has 2 aromatic carbocycles. The Labute approximate surface area is 131 Å². The summed E-state index contributed by atoms with van der Waals surface area (Å²) in [5.74, 6) is 0. The molecule has 0 atom stereocenters. The molecule has 0 aromatic heterocycles. The first-order chi connectivity index (χ1) is 9.86. The SMILES string of the molecule is CN(c1ccc(C#N)cc1)S(=O)(=O)c1cc(N)ccc1Br. The third-order valence-corrected chi connectivity index (χ3v) is 5.73. The van der Waals surface area contributed by atoms with Crippen LogP contribution in [0.4, 0.5) is 11.4 Å². The summed E-state index contributed by atoms with van der Waals surface area (Å²) in [6.07, 6.45) is 0. The molecule has 2 rings (SSSR count). The zero-order valence-electron chi connectivity index (χ0n) is 11.1. The third-order valence-electron chi connectivity index (χ3n) is 2.95. The van der Waals surface area contributed by atoms with Crippen LogP contribution in [0.5, 0.6) is 0 Å². The van der Waals surface area contributed by atoms with E-state index in [1.165, 1.54) is 13.1 Å². The summed E-state index contributed by atoms with van der Waals surface area (Å²) in [6.45, 7) is 0. The van der Waals surface area contributed by atoms with Crippen LogP contribution in [0.2, 0.25) is 0 Å². The summed E-state index contributed by atoms with van der Waals surface area (Å²) in [7, 11) is -2.29. The molecule has 7 heteroatoms. The maximum atomic E-state index is 12.6. The predicted octanol–water partition coefficient (Wildman–Crippen LogP) is 2.73. The number of rotatable bonds is 3. The molecule has 2 N–H and O–H groups in total. The minimum atomic E-state index is -3.74. The molecule has 0 aliphatic rings. The van der Waals surface area contributed by atoms with Crippen LogP contribution in [0, 0.1) is 11.3 Å². The Morgan fingerprint density at radius 3 is 2.38 bits per heavy atom. The van der Waals surface area contributed by atoms with E-state index < -0.39 is 10.0 Å². The van der Waals surface area contributed by atoms with Gasteiger partial charge in [-0.2, -0.15) is 5.26 Å². The van der Waals surface area contributed by atoms with Gasteiger partial charge >= 0.3 is 0 Å². The summed E-state index contributed by atoms with van der Waals surface area (Å²) >= 11 is 3.23. The lowest BCUT2D eigenvalue weighted by molar-refractivity contribution is 0.594. The van der Waals surface area contributed by atoms with Gasteiger partial charge in [-0.15, -0.1) is 0 Å². The molecule has 0 aliphatic heterocycles. The van der Waals surface area contributed by atoms with Gasteiger partial charge in [-0.1, -0.05) is 0 Å². The van der Waals surface area contributed by atoms with Crippen LogP contribution >= 0.6 is 15.9 Å². The number of sulfonamides is 1. The molecular formula is C14H12BrN3O2S. The van der Waals surface area contributed by atoms with E-state index in [2.05, 4.69) is 15.9 Å². The number of hydrogen-bond donors (Lipinski definition) is 1. The van der Waals surface area contributed by atoms with Crippen LogP contribution in [0.25, 0.3) is 0 Å². The van der Waals surface area contributed by atoms with Crippen LogP contribution in [0.15, 0.2) is 51.8 Å². The number of anilines is 2. The Morgan fingerprint density at radius 1 is 1.19 bits per heavy atom. The fourth-order valence-corrected chi connectivity index (χ4v) is 3.90. The molecule has 0 aliphatic carbocycles. The van der Waals surface area contributed by atoms with E-state index in [9.17, 15) is 8.42 Å². The summed E-state index contributed by atoms with van der Waals surface area (Å²) in [5, 5.41) is 8.77. The normalized spacial score (nSPS) is 10.9. The molecule has 0 saturated carbocycles. The summed E-state index contributed by atoms with van der Waals surface area (Å²) in [4.78, 5) is 0.0920. The maximum Gasteiger partial charge on any atom is 0.265 e. The van der Waals surface area contributed by atoms with E-state index in [0.29, 0.717) is 21.4 Å². The number of nitrogens with zero attached hydrogens (tertiary/aromatic N) is 2. The average molecular weight is 366 g/mol. The quantitative estimate of drug-likeness (QED) is 0.847. The van der Waals surface area contributed by atoms with Crippen molar-refractivity contribution in [3.8, 4) is 6.07 Å². The van der Waals surface area contributed by atoms with Crippen molar-refractivity contribution in [3.63, 3.8) is 0 Å². The van der Waals surface area contributed by atoms with E-state index in [1.54, 1.807) is 36.4 Å². The predicted molar refractivity (Wildman–Crippen MR) is 85.3 cm³/mol. The minimum Gasteiger partial charge on any atom is -0.399 e. The van der Waals surface area contributed by atoms with Crippen LogP contribution in [0.3, 0.4) is 0 Å². The molecule has 0 heterocycles. The molecule has 0 amide bonds. The maximum absolute atomic E-state index is 12.6. The molecule has 0 spiro atoms. The number of benzene rings is 2. The van der Waals surface area contributed by atoms with E-state index in [1.807, 2.05) is 6.07 Å². The van der Waals surface area contributed by atoms with E-state index in [4.69, 9.17) is 11.0 Å². The van der Waals surface area contributed by atoms with Gasteiger partial charge in [0, 0.05) is 17.2 Å². The Kier molecular flexibility index (Phi) is 4.21. The smallest absolute Gasteiger partial charge is 0.265 e. The largest absolute Gasteiger partial charge is 0.399 e. The number of nitriles is 1. The van der Waals surface area contributed by atoms with Gasteiger partial charge in [0.25, 0.3) is 10.0 Å². The van der Waals surface area contributed by atoms with Crippen molar-refractivity contribution in [2.45, 2.75) is 4.90 Å². The monoisotopic (exact) mass is 365 g/mol. The fraction of sp³-hybridized carbons (Fsp3) is 0.0714. The number of halogens is 1. The first-order valence-electron chi connectivity index (χ1n) is 5.90. The van der Waals surface area contributed by atoms with Gasteiger partial charge in [-0.05, 0) is 58.4 Å². The van der Waals surface area contributed by atoms with Crippen molar-refractivity contribution in [2.75, 3.05) is 17.1 Å². The van der Waals surface area contributed by atoms with Crippen LogP contribution < -0.4 is 10.0 Å². The molecule has 0 radical (unpaired) electrons. The van der Waals surface area contributed by atoms with E-state index in [0.717, 1.165) is 4.31 Å². The van der Waals surface area contributed by atoms with Gasteiger partial charge in [0.15, 0.2) is 0 Å². The summed E-state index contributed by atoms with van der Waals surface area (Å²) in [6, 6.07) is 12.9. The third kappa shape index (κ3) is 3.01. The molecule has 108 valence electrons. The lowest BCUT2D eigenvalue weighted by atomic mass is 10.2. The topological polar surface area (TPSA) is 87.2 Å². The molecular weight excluding hydrogens is 354 g/mol. The second-order valence-corrected chi connectivity index (χ2v) is 7.11. The molecule has 0 unspecified atom stereocenters. The van der Waals surface area contributed by atoms with E-state index >= 15 is 0 Å². The van der Waals surface area contributed by atoms with Crippen molar-refractivity contribution < 1.29 is 8.42 Å². The zero-order valence-corrected chi connectivity index (χ0v) is 13.5. The average Bonchev–Trinajstić information content (AvgIpc) is 2.49. The highest BCUT2D eigenvalue weighted by molar-refractivity contribution is 9.10. The Balaban J connectivity index is 2.47. The lowest BCUT2D eigenvalue weighted by Crippen LogP contribution is -2.26. The van der Waals surface area contributed by atoms with E-state index in [-0.39, 0.29) is 4.90 Å². The number of hydrogen-bond acceptors (Lipinski definition) is 4. The standard InChI is InChI=1S/C14H12BrN3O2S/c1-18(12-5-2-10(9-16)3-6-12)21(19,20)14-8-11(17)4-7-13(14)15/h2-8H,17H2,1H3. The number of nitrogens with two attached hydrogens (primary N) is 1. The van der Waals surface area contributed by atoms with Crippen molar-refractivity contribution in [1.29, 1.82) is 5.26 Å². The van der Waals surface area contributed by atoms with Gasteiger partial charge in [-0.3, -0.25) is 4.31 Å². The zero-order chi connectivity index (χ0) is 15.6. The summed E-state index contributed by atoms with van der Waals surface area (Å²) in [5.41, 5.74) is 6.96. The Morgan fingerprint density at radius 2 is 1.81 bits per heavy atom. The first-order valence-corrected chi connectivity index (χ1v) is 8.13. The second-order valence-electron chi connectivity index (χ2n) is 4.32. The van der Waals surface area contributed by atoms with Crippen molar-refractivity contribution in [2.24, 2.45) is 0 Å². The molecule has 2 aromatic rings.